The molecule has 6 nitrogen and oxygen atoms in total. The largest absolute Gasteiger partial charge is 0.298 e. The zero-order valence-corrected chi connectivity index (χ0v) is 18.5. The van der Waals surface area contributed by atoms with Crippen LogP contribution in [0.1, 0.15) is 15.9 Å². The van der Waals surface area contributed by atoms with Gasteiger partial charge in [-0.05, 0) is 61.0 Å². The Labute approximate surface area is 188 Å². The van der Waals surface area contributed by atoms with Gasteiger partial charge < -0.3 is 0 Å². The predicted octanol–water partition coefficient (Wildman–Crippen LogP) is 4.82. The van der Waals surface area contributed by atoms with Gasteiger partial charge in [0.1, 0.15) is 5.82 Å². The van der Waals surface area contributed by atoms with Gasteiger partial charge in [-0.25, -0.2) is 22.9 Å². The quantitative estimate of drug-likeness (QED) is 0.439. The molecule has 3 aromatic carbocycles. The molecule has 0 bridgehead atoms. The summed E-state index contributed by atoms with van der Waals surface area (Å²) in [5.41, 5.74) is 3.42. The molecule has 0 saturated carbocycles. The van der Waals surface area contributed by atoms with Crippen molar-refractivity contribution in [3.63, 3.8) is 0 Å². The second kappa shape index (κ2) is 8.62. The van der Waals surface area contributed by atoms with Crippen LogP contribution in [0.25, 0.3) is 21.7 Å². The highest BCUT2D eigenvalue weighted by atomic mass is 32.2. The van der Waals surface area contributed by atoms with Crippen molar-refractivity contribution in [3.8, 4) is 21.7 Å². The molecule has 0 atom stereocenters. The van der Waals surface area contributed by atoms with Crippen molar-refractivity contribution >= 4 is 32.4 Å². The molecule has 0 unspecified atom stereocenters. The third-order valence-corrected chi connectivity index (χ3v) is 6.67. The van der Waals surface area contributed by atoms with Gasteiger partial charge >= 0.3 is 0 Å². The van der Waals surface area contributed by atoms with E-state index in [4.69, 9.17) is 5.14 Å². The van der Waals surface area contributed by atoms with Crippen molar-refractivity contribution in [3.05, 3.63) is 89.7 Å². The number of benzene rings is 3. The first-order valence-electron chi connectivity index (χ1n) is 9.49. The van der Waals surface area contributed by atoms with E-state index in [-0.39, 0.29) is 16.6 Å². The fourth-order valence-corrected chi connectivity index (χ4v) is 4.55. The minimum absolute atomic E-state index is 0.0120. The molecule has 1 aromatic heterocycles. The number of sulfonamides is 1. The molecule has 4 aromatic rings. The van der Waals surface area contributed by atoms with Crippen LogP contribution in [0, 0.1) is 12.7 Å². The third kappa shape index (κ3) is 4.75. The van der Waals surface area contributed by atoms with Gasteiger partial charge in [0.25, 0.3) is 5.91 Å². The lowest BCUT2D eigenvalue weighted by molar-refractivity contribution is 0.102. The van der Waals surface area contributed by atoms with E-state index in [9.17, 15) is 17.6 Å². The molecule has 0 spiro atoms. The van der Waals surface area contributed by atoms with Crippen molar-refractivity contribution in [1.82, 2.24) is 4.98 Å². The Morgan fingerprint density at radius 1 is 0.938 bits per heavy atom. The number of primary sulfonamides is 1. The number of hydrogen-bond acceptors (Lipinski definition) is 5. The summed E-state index contributed by atoms with van der Waals surface area (Å²) in [4.78, 5) is 17.9. The molecule has 0 aliphatic heterocycles. The second-order valence-electron chi connectivity index (χ2n) is 7.09. The van der Waals surface area contributed by atoms with Crippen molar-refractivity contribution in [2.45, 2.75) is 11.8 Å². The number of halogens is 1. The fraction of sp³-hybridized carbons (Fsp3) is 0.0435. The van der Waals surface area contributed by atoms with Gasteiger partial charge in [0.2, 0.25) is 10.0 Å². The van der Waals surface area contributed by atoms with Gasteiger partial charge in [0.15, 0.2) is 5.13 Å². The van der Waals surface area contributed by atoms with Gasteiger partial charge in [-0.2, -0.15) is 0 Å². The summed E-state index contributed by atoms with van der Waals surface area (Å²) in [5, 5.41) is 8.35. The smallest absolute Gasteiger partial charge is 0.257 e. The molecule has 0 aliphatic rings. The van der Waals surface area contributed by atoms with Gasteiger partial charge in [0.05, 0.1) is 15.5 Å². The van der Waals surface area contributed by atoms with Gasteiger partial charge in [-0.3, -0.25) is 10.1 Å². The molecule has 9 heteroatoms. The number of rotatable bonds is 5. The summed E-state index contributed by atoms with van der Waals surface area (Å²) >= 11 is 1.23. The minimum Gasteiger partial charge on any atom is -0.298 e. The van der Waals surface area contributed by atoms with Crippen molar-refractivity contribution in [1.29, 1.82) is 0 Å². The van der Waals surface area contributed by atoms with Crippen LogP contribution in [0.5, 0.6) is 0 Å². The average molecular weight is 468 g/mol. The molecule has 1 heterocycles. The highest BCUT2D eigenvalue weighted by Crippen LogP contribution is 2.39. The van der Waals surface area contributed by atoms with Crippen LogP contribution in [0.15, 0.2) is 77.7 Å². The van der Waals surface area contributed by atoms with Crippen LogP contribution in [0.3, 0.4) is 0 Å². The molecule has 0 saturated heterocycles. The molecule has 0 aliphatic carbocycles. The monoisotopic (exact) mass is 467 g/mol. The normalized spacial score (nSPS) is 11.3. The van der Waals surface area contributed by atoms with Gasteiger partial charge in [-0.1, -0.05) is 41.2 Å². The topological polar surface area (TPSA) is 102 Å². The number of amides is 1. The zero-order valence-electron chi connectivity index (χ0n) is 16.9. The van der Waals surface area contributed by atoms with Gasteiger partial charge in [0, 0.05) is 11.1 Å². The third-order valence-electron chi connectivity index (χ3n) is 4.72. The number of aryl methyl sites for hydroxylation is 1. The highest BCUT2D eigenvalue weighted by Gasteiger charge is 2.18. The molecule has 162 valence electrons. The Morgan fingerprint density at radius 2 is 1.53 bits per heavy atom. The first-order valence-corrected chi connectivity index (χ1v) is 11.8. The lowest BCUT2D eigenvalue weighted by Gasteiger charge is -2.04. The maximum Gasteiger partial charge on any atom is 0.257 e. The molecular weight excluding hydrogens is 449 g/mol. The Bertz CT molecular complexity index is 1380. The van der Waals surface area contributed by atoms with Crippen LogP contribution < -0.4 is 10.5 Å². The van der Waals surface area contributed by atoms with E-state index in [1.807, 2.05) is 19.1 Å². The van der Waals surface area contributed by atoms with E-state index in [0.29, 0.717) is 32.4 Å². The molecular formula is C23H18FN3O3S2. The van der Waals surface area contributed by atoms with Crippen molar-refractivity contribution in [2.75, 3.05) is 5.32 Å². The first kappa shape index (κ1) is 21.8. The Kier molecular flexibility index (Phi) is 5.88. The maximum atomic E-state index is 13.4. The summed E-state index contributed by atoms with van der Waals surface area (Å²) in [5.74, 6) is -0.684. The number of thiazole rings is 1. The molecule has 4 rings (SSSR count). The number of hydrogen-bond donors (Lipinski definition) is 2. The van der Waals surface area contributed by atoms with E-state index < -0.39 is 10.0 Å². The number of nitrogens with two attached hydrogens (primary N) is 1. The summed E-state index contributed by atoms with van der Waals surface area (Å²) in [6, 6.07) is 19.0. The fourth-order valence-electron chi connectivity index (χ4n) is 3.04. The predicted molar refractivity (Wildman–Crippen MR) is 123 cm³/mol. The molecule has 0 fully saturated rings. The molecule has 3 N–H and O–H groups in total. The number of carbonyl (C=O) groups is 1. The number of nitrogens with zero attached hydrogens (tertiary/aromatic N) is 1. The number of carbonyl (C=O) groups excluding carboxylic acids is 1. The minimum atomic E-state index is -3.82. The molecule has 32 heavy (non-hydrogen) atoms. The van der Waals surface area contributed by atoms with E-state index in [2.05, 4.69) is 10.3 Å². The molecule has 0 radical (unpaired) electrons. The van der Waals surface area contributed by atoms with Crippen LogP contribution in [0.2, 0.25) is 0 Å². The lowest BCUT2D eigenvalue weighted by Crippen LogP contribution is -2.11. The number of nitrogens with one attached hydrogen (secondary N) is 1. The van der Waals surface area contributed by atoms with E-state index in [1.165, 1.54) is 35.6 Å². The van der Waals surface area contributed by atoms with Crippen molar-refractivity contribution in [2.24, 2.45) is 5.14 Å². The maximum absolute atomic E-state index is 13.4. The SMILES string of the molecule is Cc1ccc(C(=O)Nc2nc(-c3ccc(F)cc3)c(-c3ccc(S(N)(=O)=O)cc3)s2)cc1. The summed E-state index contributed by atoms with van der Waals surface area (Å²) in [7, 11) is -3.82. The summed E-state index contributed by atoms with van der Waals surface area (Å²) in [6.45, 7) is 1.94. The standard InChI is InChI=1S/C23H18FN3O3S2/c1-14-2-4-17(5-3-14)22(28)27-23-26-20(15-6-10-18(24)11-7-15)21(31-23)16-8-12-19(13-9-16)32(25,29)30/h2-13H,1H3,(H2,25,29,30)(H,26,27,28). The highest BCUT2D eigenvalue weighted by molar-refractivity contribution is 7.89. The summed E-state index contributed by atoms with van der Waals surface area (Å²) in [6.07, 6.45) is 0. The Balaban J connectivity index is 1.74. The van der Waals surface area contributed by atoms with Crippen LogP contribution in [-0.2, 0) is 10.0 Å². The lowest BCUT2D eigenvalue weighted by atomic mass is 10.1. The van der Waals surface area contributed by atoms with E-state index in [1.54, 1.807) is 36.4 Å². The number of aromatic nitrogens is 1. The number of anilines is 1. The zero-order chi connectivity index (χ0) is 22.9. The second-order valence-corrected chi connectivity index (χ2v) is 9.65. The molecule has 1 amide bonds. The first-order chi connectivity index (χ1) is 15.2. The van der Waals surface area contributed by atoms with Crippen LogP contribution >= 0.6 is 11.3 Å². The Hall–Kier alpha value is -3.40. The summed E-state index contributed by atoms with van der Waals surface area (Å²) < 4.78 is 36.6. The van der Waals surface area contributed by atoms with Crippen LogP contribution in [0.4, 0.5) is 9.52 Å². The van der Waals surface area contributed by atoms with Gasteiger partial charge in [-0.15, -0.1) is 0 Å². The van der Waals surface area contributed by atoms with E-state index >= 15 is 0 Å². The van der Waals surface area contributed by atoms with Crippen molar-refractivity contribution < 1.29 is 17.6 Å². The Morgan fingerprint density at radius 3 is 2.12 bits per heavy atom. The van der Waals surface area contributed by atoms with Crippen LogP contribution in [-0.4, -0.2) is 19.3 Å². The van der Waals surface area contributed by atoms with E-state index in [0.717, 1.165) is 5.56 Å². The average Bonchev–Trinajstić information content (AvgIpc) is 3.18.